The molecule has 0 radical (unpaired) electrons. The molecular weight excluding hydrogens is 700 g/mol. The minimum absolute atomic E-state index is 0.0597. The Morgan fingerprint density at radius 1 is 0.755 bits per heavy atom. The second kappa shape index (κ2) is 19.6. The lowest BCUT2D eigenvalue weighted by Crippen LogP contribution is -2.63. The Hall–Kier alpha value is -5.19. The lowest BCUT2D eigenvalue weighted by Gasteiger charge is -2.43. The number of benzene rings is 1. The van der Waals surface area contributed by atoms with E-state index in [2.05, 4.69) is 10.6 Å². The molecule has 0 unspecified atom stereocenters. The van der Waals surface area contributed by atoms with Crippen LogP contribution in [0, 0.1) is 0 Å². The zero-order valence-electron chi connectivity index (χ0n) is 31.0. The van der Waals surface area contributed by atoms with Crippen LogP contribution >= 0.6 is 0 Å². The number of hydrogen-bond acceptors (Lipinski definition) is 15. The highest BCUT2D eigenvalue weighted by atomic mass is 16.7. The van der Waals surface area contributed by atoms with Gasteiger partial charge < -0.3 is 48.2 Å². The van der Waals surface area contributed by atoms with Crippen molar-refractivity contribution in [2.24, 2.45) is 0 Å². The molecule has 1 aromatic carbocycles. The summed E-state index contributed by atoms with van der Waals surface area (Å²) in [5, 5.41) is 6.01. The second-order valence-corrected chi connectivity index (χ2v) is 13.3. The van der Waals surface area contributed by atoms with Gasteiger partial charge in [-0.05, 0) is 51.3 Å². The van der Waals surface area contributed by atoms with Gasteiger partial charge in [0.25, 0.3) is 0 Å². The van der Waals surface area contributed by atoms with Crippen LogP contribution in [0.2, 0.25) is 0 Å². The first-order valence-corrected chi connectivity index (χ1v) is 17.2. The van der Waals surface area contributed by atoms with Gasteiger partial charge in [-0.3, -0.25) is 24.0 Å². The number of hydrogen-bond donors (Lipinski definition) is 2. The van der Waals surface area contributed by atoms with Crippen molar-refractivity contribution in [1.29, 1.82) is 0 Å². The van der Waals surface area contributed by atoms with Crippen molar-refractivity contribution in [2.75, 3.05) is 19.7 Å². The van der Waals surface area contributed by atoms with Crippen molar-refractivity contribution in [3.63, 3.8) is 0 Å². The summed E-state index contributed by atoms with van der Waals surface area (Å²) >= 11 is 0. The molecule has 1 saturated heterocycles. The maximum absolute atomic E-state index is 12.8. The Labute approximate surface area is 306 Å². The number of carbonyl (C=O) groups is 6. The molecule has 2 heterocycles. The topological polar surface area (TPSA) is 221 Å². The van der Waals surface area contributed by atoms with Crippen LogP contribution in [0.4, 0.5) is 4.79 Å². The fourth-order valence-corrected chi connectivity index (χ4v) is 5.42. The van der Waals surface area contributed by atoms with Gasteiger partial charge in [0.1, 0.15) is 29.6 Å². The molecule has 0 saturated carbocycles. The highest BCUT2D eigenvalue weighted by molar-refractivity contribution is 5.87. The molecule has 2 amide bonds. The number of ether oxygens (including phenoxy) is 7. The van der Waals surface area contributed by atoms with Crippen molar-refractivity contribution in [3.05, 3.63) is 40.2 Å². The highest BCUT2D eigenvalue weighted by Crippen LogP contribution is 2.32. The average Bonchev–Trinajstić information content (AvgIpc) is 3.02. The molecule has 1 aliphatic heterocycles. The fourth-order valence-electron chi connectivity index (χ4n) is 5.42. The van der Waals surface area contributed by atoms with Crippen LogP contribution in [0.1, 0.15) is 79.7 Å². The summed E-state index contributed by atoms with van der Waals surface area (Å²) in [5.74, 6) is -3.30. The maximum Gasteiger partial charge on any atom is 0.407 e. The van der Waals surface area contributed by atoms with E-state index < -0.39 is 78.5 Å². The monoisotopic (exact) mass is 748 g/mol. The third kappa shape index (κ3) is 14.4. The number of fused-ring (bicyclic) bond motifs is 1. The van der Waals surface area contributed by atoms with Crippen LogP contribution in [0.3, 0.4) is 0 Å². The molecule has 2 N–H and O–H groups in total. The van der Waals surface area contributed by atoms with Gasteiger partial charge in [0, 0.05) is 58.3 Å². The molecule has 17 nitrogen and oxygen atoms in total. The van der Waals surface area contributed by atoms with E-state index in [1.807, 2.05) is 0 Å². The van der Waals surface area contributed by atoms with Crippen LogP contribution in [-0.2, 0) is 58.8 Å². The molecule has 0 bridgehead atoms. The van der Waals surface area contributed by atoms with E-state index in [1.54, 1.807) is 26.8 Å². The summed E-state index contributed by atoms with van der Waals surface area (Å²) in [6, 6.07) is 5.64. The van der Waals surface area contributed by atoms with Gasteiger partial charge >= 0.3 is 35.6 Å². The van der Waals surface area contributed by atoms with Gasteiger partial charge in [-0.2, -0.15) is 0 Å². The predicted molar refractivity (Wildman–Crippen MR) is 184 cm³/mol. The molecule has 17 heteroatoms. The quantitative estimate of drug-likeness (QED) is 0.109. The molecule has 0 aliphatic carbocycles. The van der Waals surface area contributed by atoms with Crippen LogP contribution in [0.5, 0.6) is 5.75 Å². The van der Waals surface area contributed by atoms with Crippen molar-refractivity contribution in [3.8, 4) is 5.75 Å². The van der Waals surface area contributed by atoms with Crippen molar-refractivity contribution in [2.45, 2.75) is 117 Å². The van der Waals surface area contributed by atoms with E-state index >= 15 is 0 Å². The first kappa shape index (κ1) is 42.2. The lowest BCUT2D eigenvalue weighted by molar-refractivity contribution is -0.288. The Kier molecular flexibility index (Phi) is 15.6. The molecule has 1 aromatic heterocycles. The normalized spacial score (nSPS) is 19.7. The van der Waals surface area contributed by atoms with Gasteiger partial charge in [-0.1, -0.05) is 12.8 Å². The first-order valence-electron chi connectivity index (χ1n) is 17.2. The Balaban J connectivity index is 1.70. The molecule has 53 heavy (non-hydrogen) atoms. The zero-order chi connectivity index (χ0) is 39.3. The summed E-state index contributed by atoms with van der Waals surface area (Å²) in [4.78, 5) is 84.9. The van der Waals surface area contributed by atoms with Crippen molar-refractivity contribution >= 4 is 46.8 Å². The molecule has 0 spiro atoms. The predicted octanol–water partition coefficient (Wildman–Crippen LogP) is 3.00. The largest absolute Gasteiger partial charge is 0.463 e. The Morgan fingerprint density at radius 2 is 1.36 bits per heavy atom. The summed E-state index contributed by atoms with van der Waals surface area (Å²) in [6.45, 7) is 10.3. The van der Waals surface area contributed by atoms with Crippen LogP contribution in [0.25, 0.3) is 11.0 Å². The average molecular weight is 749 g/mol. The Morgan fingerprint density at radius 3 is 1.96 bits per heavy atom. The summed E-state index contributed by atoms with van der Waals surface area (Å²) < 4.78 is 43.9. The number of rotatable bonds is 16. The van der Waals surface area contributed by atoms with Gasteiger partial charge in [-0.25, -0.2) is 9.59 Å². The molecule has 5 atom stereocenters. The Bertz CT molecular complexity index is 1680. The molecular formula is C36H48N2O15. The van der Waals surface area contributed by atoms with E-state index in [4.69, 9.17) is 37.6 Å². The van der Waals surface area contributed by atoms with E-state index in [-0.39, 0.29) is 23.7 Å². The first-order chi connectivity index (χ1) is 24.9. The SMILES string of the molecule is CC(=O)OC[C@H]1O[C@@H](Oc2ccc3c(CC(=O)NCCCCCCNC(=O)OC(C)(C)C)cc(=O)oc3c2)[C@H](OC(C)=O)[C@@H](OC(C)=O)[C@H]1OC(C)=O. The van der Waals surface area contributed by atoms with E-state index in [0.717, 1.165) is 53.4 Å². The molecule has 1 fully saturated rings. The fraction of sp³-hybridized carbons (Fsp3) is 0.583. The minimum Gasteiger partial charge on any atom is -0.463 e. The molecule has 3 rings (SSSR count). The number of nitrogens with one attached hydrogen (secondary N) is 2. The molecule has 1 aliphatic rings. The maximum atomic E-state index is 12.8. The molecule has 2 aromatic rings. The summed E-state index contributed by atoms with van der Waals surface area (Å²) in [5.41, 5.74) is -0.802. The standard InChI is InChI=1S/C36H48N2O15/c1-20(39)46-19-28-31(47-21(2)40)32(48-22(3)41)33(49-23(4)42)34(52-28)50-25-12-13-26-24(17-30(44)51-27(26)18-25)16-29(43)37-14-10-8-9-11-15-38-35(45)53-36(5,6)7/h12-13,17-18,28,31-34H,8-11,14-16,19H2,1-7H3,(H,37,43)(H,38,45)/t28-,31+,32+,33-,34-/m1/s1. The van der Waals surface area contributed by atoms with Gasteiger partial charge in [-0.15, -0.1) is 0 Å². The summed E-state index contributed by atoms with van der Waals surface area (Å²) in [7, 11) is 0. The van der Waals surface area contributed by atoms with Crippen LogP contribution in [0.15, 0.2) is 33.5 Å². The zero-order valence-corrected chi connectivity index (χ0v) is 31.0. The van der Waals surface area contributed by atoms with Gasteiger partial charge in [0.05, 0.1) is 6.42 Å². The molecule has 292 valence electrons. The van der Waals surface area contributed by atoms with Crippen molar-refractivity contribution in [1.82, 2.24) is 10.6 Å². The summed E-state index contributed by atoms with van der Waals surface area (Å²) in [6.07, 6.45) is -4.42. The van der Waals surface area contributed by atoms with E-state index in [9.17, 15) is 33.6 Å². The van der Waals surface area contributed by atoms with Gasteiger partial charge in [0.15, 0.2) is 12.2 Å². The highest BCUT2D eigenvalue weighted by Gasteiger charge is 2.53. The smallest absolute Gasteiger partial charge is 0.407 e. The lowest BCUT2D eigenvalue weighted by atomic mass is 9.98. The number of carbonyl (C=O) groups excluding carboxylic acids is 6. The van der Waals surface area contributed by atoms with Gasteiger partial charge in [0.2, 0.25) is 18.3 Å². The third-order valence-electron chi connectivity index (χ3n) is 7.45. The number of esters is 4. The minimum atomic E-state index is -1.50. The van der Waals surface area contributed by atoms with Crippen LogP contribution in [-0.4, -0.2) is 91.9 Å². The number of unbranched alkanes of at least 4 members (excludes halogenated alkanes) is 3. The van der Waals surface area contributed by atoms with E-state index in [1.165, 1.54) is 18.2 Å². The number of amides is 2. The van der Waals surface area contributed by atoms with Crippen LogP contribution < -0.4 is 21.0 Å². The third-order valence-corrected chi connectivity index (χ3v) is 7.45. The number of alkyl carbamates (subject to hydrolysis) is 1. The van der Waals surface area contributed by atoms with E-state index in [0.29, 0.717) is 24.0 Å². The second-order valence-electron chi connectivity index (χ2n) is 13.3. The van der Waals surface area contributed by atoms with Crippen molar-refractivity contribution < 1.29 is 66.3 Å².